The third kappa shape index (κ3) is 4.54. The van der Waals surface area contributed by atoms with Crippen molar-refractivity contribution < 1.29 is 9.90 Å². The zero-order valence-electron chi connectivity index (χ0n) is 11.3. The third-order valence-electron chi connectivity index (χ3n) is 3.15. The number of aliphatic carboxylic acids is 1. The number of carboxylic acid groups (broad SMARTS) is 1. The fourth-order valence-electron chi connectivity index (χ4n) is 2.13. The van der Waals surface area contributed by atoms with E-state index in [4.69, 9.17) is 5.11 Å². The summed E-state index contributed by atoms with van der Waals surface area (Å²) in [4.78, 5) is 12.2. The van der Waals surface area contributed by atoms with Gasteiger partial charge < -0.3 is 5.11 Å². The van der Waals surface area contributed by atoms with Gasteiger partial charge in [0.25, 0.3) is 0 Å². The Hall–Kier alpha value is -1.52. The summed E-state index contributed by atoms with van der Waals surface area (Å²) in [5, 5.41) is 12.1. The Morgan fingerprint density at radius 2 is 2.15 bits per heavy atom. The zero-order chi connectivity index (χ0) is 14.4. The SMILES string of the molecule is C=C(CSc1ccccc1)C[C@H]1C=CC[C@@H](C(=O)O)N1. The standard InChI is InChI=1S/C16H19NO2S/c1-12(11-20-14-7-3-2-4-8-14)10-13-6-5-9-15(17-13)16(18)19/h2-8,13,15,17H,1,9-11H2,(H,18,19)/t13-,15+/m1/s1. The van der Waals surface area contributed by atoms with Crippen LogP contribution in [0.3, 0.4) is 0 Å². The van der Waals surface area contributed by atoms with Crippen molar-refractivity contribution in [3.8, 4) is 0 Å². The highest BCUT2D eigenvalue weighted by atomic mass is 32.2. The van der Waals surface area contributed by atoms with Gasteiger partial charge >= 0.3 is 5.97 Å². The van der Waals surface area contributed by atoms with E-state index in [-0.39, 0.29) is 6.04 Å². The second-order valence-corrected chi connectivity index (χ2v) is 5.93. The maximum Gasteiger partial charge on any atom is 0.321 e. The largest absolute Gasteiger partial charge is 0.480 e. The molecule has 3 nitrogen and oxygen atoms in total. The van der Waals surface area contributed by atoms with Gasteiger partial charge in [-0.3, -0.25) is 10.1 Å². The van der Waals surface area contributed by atoms with Crippen molar-refractivity contribution in [3.63, 3.8) is 0 Å². The van der Waals surface area contributed by atoms with E-state index in [1.54, 1.807) is 11.8 Å². The zero-order valence-corrected chi connectivity index (χ0v) is 12.1. The Bertz CT molecular complexity index is 498. The molecule has 20 heavy (non-hydrogen) atoms. The van der Waals surface area contributed by atoms with Gasteiger partial charge in [0.15, 0.2) is 0 Å². The molecule has 1 aliphatic rings. The van der Waals surface area contributed by atoms with E-state index < -0.39 is 12.0 Å². The summed E-state index contributed by atoms with van der Waals surface area (Å²) >= 11 is 1.76. The molecule has 1 aromatic carbocycles. The van der Waals surface area contributed by atoms with Crippen molar-refractivity contribution in [3.05, 3.63) is 54.6 Å². The lowest BCUT2D eigenvalue weighted by atomic mass is 10.0. The van der Waals surface area contributed by atoms with Crippen LogP contribution >= 0.6 is 11.8 Å². The molecule has 0 aliphatic carbocycles. The summed E-state index contributed by atoms with van der Waals surface area (Å²) in [6.07, 6.45) is 5.31. The molecular weight excluding hydrogens is 270 g/mol. The van der Waals surface area contributed by atoms with E-state index in [1.165, 1.54) is 4.90 Å². The van der Waals surface area contributed by atoms with Crippen LogP contribution in [-0.2, 0) is 4.79 Å². The van der Waals surface area contributed by atoms with Gasteiger partial charge in [-0.1, -0.05) is 42.5 Å². The topological polar surface area (TPSA) is 49.3 Å². The molecule has 2 N–H and O–H groups in total. The normalized spacial score (nSPS) is 21.6. The molecule has 0 amide bonds. The van der Waals surface area contributed by atoms with E-state index in [0.717, 1.165) is 17.7 Å². The maximum absolute atomic E-state index is 11.0. The van der Waals surface area contributed by atoms with Crippen LogP contribution in [0.25, 0.3) is 0 Å². The average Bonchev–Trinajstić information content (AvgIpc) is 2.46. The molecule has 0 unspecified atom stereocenters. The Labute approximate surface area is 123 Å². The molecule has 0 aromatic heterocycles. The first-order valence-corrected chi connectivity index (χ1v) is 7.63. The van der Waals surface area contributed by atoms with E-state index in [2.05, 4.69) is 24.0 Å². The van der Waals surface area contributed by atoms with Gasteiger partial charge in [-0.15, -0.1) is 11.8 Å². The Balaban J connectivity index is 1.78. The number of nitrogens with one attached hydrogen (secondary N) is 1. The summed E-state index contributed by atoms with van der Waals surface area (Å²) in [6.45, 7) is 4.09. The molecular formula is C16H19NO2S. The first kappa shape index (κ1) is 14.9. The second-order valence-electron chi connectivity index (χ2n) is 4.88. The Morgan fingerprint density at radius 1 is 1.40 bits per heavy atom. The van der Waals surface area contributed by atoms with Crippen LogP contribution in [-0.4, -0.2) is 28.9 Å². The van der Waals surface area contributed by atoms with Crippen LogP contribution in [0.1, 0.15) is 12.8 Å². The molecule has 0 saturated heterocycles. The Morgan fingerprint density at radius 3 is 2.85 bits per heavy atom. The van der Waals surface area contributed by atoms with Gasteiger partial charge in [-0.25, -0.2) is 0 Å². The third-order valence-corrected chi connectivity index (χ3v) is 4.31. The van der Waals surface area contributed by atoms with Crippen LogP contribution in [0.2, 0.25) is 0 Å². The van der Waals surface area contributed by atoms with Crippen molar-refractivity contribution in [2.75, 3.05) is 5.75 Å². The van der Waals surface area contributed by atoms with Crippen molar-refractivity contribution in [2.24, 2.45) is 0 Å². The van der Waals surface area contributed by atoms with Crippen molar-refractivity contribution >= 4 is 17.7 Å². The molecule has 0 fully saturated rings. The number of thioether (sulfide) groups is 1. The molecule has 0 spiro atoms. The van der Waals surface area contributed by atoms with Gasteiger partial charge in [0.05, 0.1) is 0 Å². The number of benzene rings is 1. The molecule has 4 heteroatoms. The lowest BCUT2D eigenvalue weighted by molar-refractivity contribution is -0.139. The molecule has 0 bridgehead atoms. The van der Waals surface area contributed by atoms with E-state index in [0.29, 0.717) is 6.42 Å². The van der Waals surface area contributed by atoms with Crippen LogP contribution in [0.4, 0.5) is 0 Å². The lowest BCUT2D eigenvalue weighted by Crippen LogP contribution is -2.44. The summed E-state index contributed by atoms with van der Waals surface area (Å²) < 4.78 is 0. The average molecular weight is 289 g/mol. The number of carbonyl (C=O) groups is 1. The molecule has 0 saturated carbocycles. The van der Waals surface area contributed by atoms with Crippen LogP contribution in [0.5, 0.6) is 0 Å². The number of hydrogen-bond acceptors (Lipinski definition) is 3. The predicted octanol–water partition coefficient (Wildman–Crippen LogP) is 3.10. The van der Waals surface area contributed by atoms with E-state index in [9.17, 15) is 4.79 Å². The number of rotatable bonds is 6. The fraction of sp³-hybridized carbons (Fsp3) is 0.312. The monoisotopic (exact) mass is 289 g/mol. The summed E-state index contributed by atoms with van der Waals surface area (Å²) in [5.41, 5.74) is 1.12. The van der Waals surface area contributed by atoms with Crippen molar-refractivity contribution in [1.82, 2.24) is 5.32 Å². The second kappa shape index (κ2) is 7.31. The fourth-order valence-corrected chi connectivity index (χ4v) is 2.97. The van der Waals surface area contributed by atoms with Gasteiger partial charge in [0.2, 0.25) is 0 Å². The van der Waals surface area contributed by atoms with Crippen molar-refractivity contribution in [1.29, 1.82) is 0 Å². The van der Waals surface area contributed by atoms with Gasteiger partial charge in [0.1, 0.15) is 6.04 Å². The first-order valence-electron chi connectivity index (χ1n) is 6.65. The highest BCUT2D eigenvalue weighted by molar-refractivity contribution is 7.99. The molecule has 2 rings (SSSR count). The van der Waals surface area contributed by atoms with Gasteiger partial charge in [0, 0.05) is 16.7 Å². The molecule has 0 radical (unpaired) electrons. The number of carboxylic acids is 1. The molecule has 1 heterocycles. The van der Waals surface area contributed by atoms with Crippen LogP contribution < -0.4 is 5.32 Å². The molecule has 106 valence electrons. The minimum Gasteiger partial charge on any atom is -0.480 e. The highest BCUT2D eigenvalue weighted by Gasteiger charge is 2.22. The minimum atomic E-state index is -0.788. The van der Waals surface area contributed by atoms with Gasteiger partial charge in [-0.2, -0.15) is 0 Å². The summed E-state index contributed by atoms with van der Waals surface area (Å²) in [6, 6.07) is 9.81. The Kier molecular flexibility index (Phi) is 5.44. The first-order chi connectivity index (χ1) is 9.65. The quantitative estimate of drug-likeness (QED) is 0.624. The van der Waals surface area contributed by atoms with Gasteiger partial charge in [-0.05, 0) is 25.0 Å². The van der Waals surface area contributed by atoms with Crippen molar-refractivity contribution in [2.45, 2.75) is 29.8 Å². The smallest absolute Gasteiger partial charge is 0.321 e. The highest BCUT2D eigenvalue weighted by Crippen LogP contribution is 2.22. The molecule has 1 aromatic rings. The summed E-state index contributed by atoms with van der Waals surface area (Å²) in [5.74, 6) is 0.0666. The summed E-state index contributed by atoms with van der Waals surface area (Å²) in [7, 11) is 0. The maximum atomic E-state index is 11.0. The van der Waals surface area contributed by atoms with E-state index >= 15 is 0 Å². The predicted molar refractivity (Wildman–Crippen MR) is 83.0 cm³/mol. The van der Waals surface area contributed by atoms with Crippen LogP contribution in [0.15, 0.2) is 59.5 Å². The lowest BCUT2D eigenvalue weighted by Gasteiger charge is -2.24. The number of hydrogen-bond donors (Lipinski definition) is 2. The van der Waals surface area contributed by atoms with E-state index in [1.807, 2.05) is 30.4 Å². The van der Waals surface area contributed by atoms with Crippen LogP contribution in [0, 0.1) is 0 Å². The minimum absolute atomic E-state index is 0.0775. The molecule has 1 aliphatic heterocycles. The molecule has 2 atom stereocenters.